The van der Waals surface area contributed by atoms with Crippen molar-refractivity contribution in [2.45, 2.75) is 119 Å². The van der Waals surface area contributed by atoms with Gasteiger partial charge in [0.25, 0.3) is 0 Å². The molecule has 16 nitrogen and oxygen atoms in total. The molecule has 2 N–H and O–H groups in total. The number of amides is 2. The van der Waals surface area contributed by atoms with Crippen LogP contribution in [0.4, 0.5) is 4.79 Å². The summed E-state index contributed by atoms with van der Waals surface area (Å²) in [5.74, 6) is -6.56. The third-order valence-electron chi connectivity index (χ3n) is 13.6. The Morgan fingerprint density at radius 1 is 0.815 bits per heavy atom. The quantitative estimate of drug-likeness (QED) is 0.0179. The first-order valence-corrected chi connectivity index (χ1v) is 28.3. The predicted molar refractivity (Wildman–Crippen MR) is 308 cm³/mol. The number of esters is 4. The van der Waals surface area contributed by atoms with Crippen molar-refractivity contribution in [1.82, 2.24) is 10.6 Å². The topological polar surface area (TPSA) is 200 Å². The molecule has 0 aromatic heterocycles. The maximum Gasteiger partial charge on any atom is 0.407 e. The zero-order valence-electron chi connectivity index (χ0n) is 46.2. The molecule has 0 bridgehead atoms. The lowest BCUT2D eigenvalue weighted by atomic mass is 9.89. The SMILES string of the molecule is C=CCOC(=O)CCC[C@H](CNC(=O)OCC1c2ccccc2-c2ccccc21)C(=O)O[C@@H](CC(C)C)C(=O)O[C@@H](C/C=C/C(=O)N[C@H](Cc1ccc(OC)c(Cl)c1)C(=O)OCC(Cl)(Cl)Cl)[C@H](C)[C@H]1OC(C)(C)O[C@@H]1c1ccccc1. The van der Waals surface area contributed by atoms with Gasteiger partial charge in [-0.1, -0.05) is 171 Å². The van der Waals surface area contributed by atoms with Crippen molar-refractivity contribution in [2.75, 3.05) is 33.5 Å². The Balaban J connectivity index is 1.21. The average molecular weight is 1200 g/mol. The smallest absolute Gasteiger partial charge is 0.407 e. The van der Waals surface area contributed by atoms with Gasteiger partial charge < -0.3 is 48.5 Å². The number of nitrogens with one attached hydrogen (secondary N) is 2. The van der Waals surface area contributed by atoms with Crippen LogP contribution < -0.4 is 15.4 Å². The third-order valence-corrected chi connectivity index (χ3v) is 14.2. The number of methoxy groups -OCH3 is 1. The van der Waals surface area contributed by atoms with Crippen molar-refractivity contribution in [3.05, 3.63) is 149 Å². The first-order valence-electron chi connectivity index (χ1n) is 26.8. The number of halogens is 4. The second-order valence-electron chi connectivity index (χ2n) is 20.7. The third kappa shape index (κ3) is 19.2. The largest absolute Gasteiger partial charge is 0.495 e. The van der Waals surface area contributed by atoms with E-state index in [1.165, 1.54) is 25.3 Å². The lowest BCUT2D eigenvalue weighted by molar-refractivity contribution is -0.180. The molecule has 6 rings (SSSR count). The number of fused-ring (bicyclic) bond motifs is 3. The van der Waals surface area contributed by atoms with Crippen LogP contribution in [0.5, 0.6) is 5.75 Å². The monoisotopic (exact) mass is 1190 g/mol. The Morgan fingerprint density at radius 2 is 1.48 bits per heavy atom. The summed E-state index contributed by atoms with van der Waals surface area (Å²) >= 11 is 24.0. The van der Waals surface area contributed by atoms with E-state index in [2.05, 4.69) is 17.2 Å². The fourth-order valence-corrected chi connectivity index (χ4v) is 10.1. The number of alkyl carbamates (subject to hydrolysis) is 1. The highest BCUT2D eigenvalue weighted by Gasteiger charge is 2.47. The first-order chi connectivity index (χ1) is 38.6. The first kappa shape index (κ1) is 64.0. The van der Waals surface area contributed by atoms with E-state index in [4.69, 9.17) is 84.3 Å². The fraction of sp³-hybridized carbons (Fsp3) is 0.443. The van der Waals surface area contributed by atoms with Crippen molar-refractivity contribution in [1.29, 1.82) is 0 Å². The Bertz CT molecular complexity index is 2800. The van der Waals surface area contributed by atoms with E-state index < -0.39 is 94.4 Å². The van der Waals surface area contributed by atoms with Gasteiger partial charge in [0.1, 0.15) is 43.8 Å². The summed E-state index contributed by atoms with van der Waals surface area (Å²) < 4.78 is 44.8. The summed E-state index contributed by atoms with van der Waals surface area (Å²) in [6.45, 7) is 11.8. The molecule has 2 aliphatic rings. The maximum atomic E-state index is 14.7. The highest BCUT2D eigenvalue weighted by atomic mass is 35.6. The number of benzene rings is 4. The van der Waals surface area contributed by atoms with Gasteiger partial charge in [-0.15, -0.1) is 0 Å². The maximum absolute atomic E-state index is 14.7. The minimum atomic E-state index is -1.93. The van der Waals surface area contributed by atoms with E-state index in [1.54, 1.807) is 32.0 Å². The number of ether oxygens (including phenoxy) is 8. The zero-order valence-corrected chi connectivity index (χ0v) is 49.2. The molecule has 2 amide bonds. The molecule has 20 heteroatoms. The highest BCUT2D eigenvalue weighted by Crippen LogP contribution is 2.45. The second kappa shape index (κ2) is 30.2. The molecule has 4 aromatic rings. The van der Waals surface area contributed by atoms with Gasteiger partial charge in [0, 0.05) is 37.6 Å². The van der Waals surface area contributed by atoms with Crippen molar-refractivity contribution in [3.63, 3.8) is 0 Å². The van der Waals surface area contributed by atoms with Crippen LogP contribution in [0.25, 0.3) is 11.1 Å². The number of alkyl halides is 3. The second-order valence-corrected chi connectivity index (χ2v) is 23.6. The van der Waals surface area contributed by atoms with E-state index in [-0.39, 0.29) is 75.1 Å². The van der Waals surface area contributed by atoms with Crippen molar-refractivity contribution >= 4 is 82.3 Å². The van der Waals surface area contributed by atoms with Crippen LogP contribution in [0.2, 0.25) is 5.02 Å². The Kier molecular flexibility index (Phi) is 23.9. The van der Waals surface area contributed by atoms with Gasteiger partial charge in [-0.25, -0.2) is 14.4 Å². The summed E-state index contributed by atoms with van der Waals surface area (Å²) in [5.41, 5.74) is 5.53. The van der Waals surface area contributed by atoms with Crippen LogP contribution in [0.3, 0.4) is 0 Å². The molecule has 1 aliphatic carbocycles. The number of hydrogen-bond donors (Lipinski definition) is 2. The van der Waals surface area contributed by atoms with Crippen LogP contribution in [-0.2, 0) is 63.6 Å². The van der Waals surface area contributed by atoms with E-state index >= 15 is 0 Å². The molecule has 81 heavy (non-hydrogen) atoms. The summed E-state index contributed by atoms with van der Waals surface area (Å²) in [7, 11) is 1.46. The van der Waals surface area contributed by atoms with Gasteiger partial charge in [0.2, 0.25) is 9.70 Å². The number of carbonyl (C=O) groups excluding carboxylic acids is 6. The Morgan fingerprint density at radius 3 is 2.11 bits per heavy atom. The van der Waals surface area contributed by atoms with Crippen molar-refractivity contribution in [2.24, 2.45) is 17.8 Å². The van der Waals surface area contributed by atoms with Gasteiger partial charge in [-0.2, -0.15) is 0 Å². The molecule has 1 heterocycles. The normalized spacial score (nSPS) is 17.4. The minimum absolute atomic E-state index is 0.0128. The number of rotatable bonds is 28. The molecule has 436 valence electrons. The van der Waals surface area contributed by atoms with Crippen LogP contribution in [-0.4, -0.2) is 103 Å². The summed E-state index contributed by atoms with van der Waals surface area (Å²) in [6.07, 6.45) is -0.369. The number of hydrogen-bond acceptors (Lipinski definition) is 14. The molecule has 1 fully saturated rings. The summed E-state index contributed by atoms with van der Waals surface area (Å²) in [4.78, 5) is 82.1. The van der Waals surface area contributed by atoms with Gasteiger partial charge in [-0.3, -0.25) is 14.4 Å². The molecule has 7 atom stereocenters. The average Bonchev–Trinajstić information content (AvgIpc) is 3.73. The van der Waals surface area contributed by atoms with Gasteiger partial charge >= 0.3 is 30.0 Å². The molecule has 1 saturated heterocycles. The summed E-state index contributed by atoms with van der Waals surface area (Å²) in [5, 5.41) is 5.63. The Hall–Kier alpha value is -6.14. The molecule has 1 aliphatic heterocycles. The van der Waals surface area contributed by atoms with Crippen molar-refractivity contribution < 1.29 is 66.7 Å². The minimum Gasteiger partial charge on any atom is -0.495 e. The van der Waals surface area contributed by atoms with E-state index in [0.717, 1.165) is 27.8 Å². The molecule has 4 aromatic carbocycles. The molecular weight excluding hydrogens is 1130 g/mol. The van der Waals surface area contributed by atoms with Crippen LogP contribution in [0.1, 0.15) is 101 Å². The van der Waals surface area contributed by atoms with Gasteiger partial charge in [0.15, 0.2) is 11.9 Å². The zero-order chi connectivity index (χ0) is 58.9. The van der Waals surface area contributed by atoms with Crippen molar-refractivity contribution in [3.8, 4) is 16.9 Å². The Labute approximate surface area is 493 Å². The predicted octanol–water partition coefficient (Wildman–Crippen LogP) is 11.7. The van der Waals surface area contributed by atoms with Crippen LogP contribution in [0, 0.1) is 17.8 Å². The highest BCUT2D eigenvalue weighted by molar-refractivity contribution is 6.67. The standard InChI is InChI=1S/C61H70Cl4N2O14/c1-8-30-75-53(69)27-16-20-41(34-66-59(73)76-35-46-44-23-14-12-21-42(44)43-22-13-15-24-45(43)46)56(70)79-51(31-37(2)3)58(72)78-49(38(4)54-55(81-60(5,6)80-54)40-18-10-9-11-19-40)25-17-26-52(68)67-48(57(71)77-36-61(63,64)65)33-39-28-29-50(74-7)47(62)32-39/h8-15,17-19,21-24,26,28-29,32,37-38,41,46,48-49,51,54-55H,1,16,20,25,27,30-31,33-36H2,2-7H3,(H,66,73)(H,67,68)/b26-17+/t38-,41+,48+,49-,51-,54+,55+/m0/s1. The molecule has 0 saturated carbocycles. The number of carbonyl (C=O) groups is 6. The lowest BCUT2D eigenvalue weighted by Gasteiger charge is -2.31. The molecular formula is C61H70Cl4N2O14. The lowest BCUT2D eigenvalue weighted by Crippen LogP contribution is -2.43. The van der Waals surface area contributed by atoms with Crippen LogP contribution >= 0.6 is 46.4 Å². The van der Waals surface area contributed by atoms with E-state index in [0.29, 0.717) is 11.3 Å². The van der Waals surface area contributed by atoms with E-state index in [1.807, 2.05) is 99.6 Å². The van der Waals surface area contributed by atoms with E-state index in [9.17, 15) is 28.8 Å². The molecule has 0 unspecified atom stereocenters. The molecule has 0 spiro atoms. The summed E-state index contributed by atoms with van der Waals surface area (Å²) in [6, 6.07) is 28.8. The van der Waals surface area contributed by atoms with Gasteiger partial charge in [-0.05, 0) is 90.6 Å². The molecule has 0 radical (unpaired) electrons. The van der Waals surface area contributed by atoms with Gasteiger partial charge in [0.05, 0.1) is 24.2 Å². The van der Waals surface area contributed by atoms with Crippen LogP contribution in [0.15, 0.2) is 122 Å². The fourth-order valence-electron chi connectivity index (χ4n) is 9.66.